The molecule has 19 heavy (non-hydrogen) atoms. The molecule has 1 heterocycles. The van der Waals surface area contributed by atoms with Crippen LogP contribution in [-0.2, 0) is 4.74 Å². The van der Waals surface area contributed by atoms with Crippen molar-refractivity contribution in [2.45, 2.75) is 37.8 Å². The minimum atomic E-state index is 0.162. The Morgan fingerprint density at radius 1 is 1.21 bits per heavy atom. The van der Waals surface area contributed by atoms with E-state index in [4.69, 9.17) is 15.3 Å². The van der Waals surface area contributed by atoms with Gasteiger partial charge in [0.2, 0.25) is 0 Å². The third-order valence-corrected chi connectivity index (χ3v) is 3.91. The highest BCUT2D eigenvalue weighted by atomic mass is 16.5. The maximum atomic E-state index is 5.76. The zero-order valence-electron chi connectivity index (χ0n) is 11.2. The minimum absolute atomic E-state index is 0.162. The molecule has 104 valence electrons. The summed E-state index contributed by atoms with van der Waals surface area (Å²) in [4.78, 5) is 0. The van der Waals surface area contributed by atoms with E-state index in [0.717, 1.165) is 31.8 Å². The predicted molar refractivity (Wildman–Crippen MR) is 73.7 cm³/mol. The van der Waals surface area contributed by atoms with Gasteiger partial charge in [-0.05, 0) is 43.4 Å². The molecule has 3 rings (SSSR count). The molecule has 0 aromatic heterocycles. The number of rotatable bonds is 5. The molecule has 1 saturated carbocycles. The first-order chi connectivity index (χ1) is 9.36. The van der Waals surface area contributed by atoms with Gasteiger partial charge in [0.15, 0.2) is 0 Å². The fourth-order valence-electron chi connectivity index (χ4n) is 2.67. The van der Waals surface area contributed by atoms with Crippen LogP contribution in [0.25, 0.3) is 0 Å². The molecule has 2 unspecified atom stereocenters. The lowest BCUT2D eigenvalue weighted by atomic mass is 9.89. The molecule has 1 saturated heterocycles. The molecule has 1 aromatic carbocycles. The van der Waals surface area contributed by atoms with E-state index in [1.165, 1.54) is 18.4 Å². The Bertz CT molecular complexity index is 397. The van der Waals surface area contributed by atoms with E-state index in [2.05, 4.69) is 17.6 Å². The van der Waals surface area contributed by atoms with Gasteiger partial charge in [-0.2, -0.15) is 0 Å². The van der Waals surface area contributed by atoms with Gasteiger partial charge in [-0.25, -0.2) is 0 Å². The fourth-order valence-corrected chi connectivity index (χ4v) is 2.67. The molecule has 1 aliphatic carbocycles. The van der Waals surface area contributed by atoms with Gasteiger partial charge in [0, 0.05) is 12.5 Å². The second kappa shape index (κ2) is 5.90. The van der Waals surface area contributed by atoms with Crippen LogP contribution >= 0.6 is 0 Å². The lowest BCUT2D eigenvalue weighted by Crippen LogP contribution is -2.37. The summed E-state index contributed by atoms with van der Waals surface area (Å²) in [7, 11) is 0. The van der Waals surface area contributed by atoms with Crippen molar-refractivity contribution in [3.05, 3.63) is 29.8 Å². The molecule has 2 aliphatic rings. The van der Waals surface area contributed by atoms with Crippen molar-refractivity contribution >= 4 is 0 Å². The number of nitrogens with one attached hydrogen (secondary N) is 1. The SMILES string of the molecule is NNC(c1ccc(OC2CC2)cc1)C1CCCOC1. The van der Waals surface area contributed by atoms with E-state index in [1.54, 1.807) is 0 Å². The average Bonchev–Trinajstić information content (AvgIpc) is 3.27. The van der Waals surface area contributed by atoms with Crippen LogP contribution in [0.5, 0.6) is 5.75 Å². The van der Waals surface area contributed by atoms with Gasteiger partial charge in [-0.15, -0.1) is 0 Å². The molecule has 2 atom stereocenters. The lowest BCUT2D eigenvalue weighted by molar-refractivity contribution is 0.0390. The Morgan fingerprint density at radius 2 is 2.00 bits per heavy atom. The Hall–Kier alpha value is -1.10. The van der Waals surface area contributed by atoms with Crippen LogP contribution in [0, 0.1) is 5.92 Å². The standard InChI is InChI=1S/C15H22N2O2/c16-17-15(12-2-1-9-18-10-12)11-3-5-13(6-4-11)19-14-7-8-14/h3-6,12,14-15,17H,1-2,7-10,16H2. The van der Waals surface area contributed by atoms with Gasteiger partial charge in [0.25, 0.3) is 0 Å². The van der Waals surface area contributed by atoms with E-state index in [9.17, 15) is 0 Å². The Morgan fingerprint density at radius 3 is 2.58 bits per heavy atom. The first-order valence-electron chi connectivity index (χ1n) is 7.17. The molecule has 0 bridgehead atoms. The van der Waals surface area contributed by atoms with Crippen molar-refractivity contribution in [3.63, 3.8) is 0 Å². The quantitative estimate of drug-likeness (QED) is 0.630. The summed E-state index contributed by atoms with van der Waals surface area (Å²) in [6.07, 6.45) is 5.10. The first kappa shape index (κ1) is 12.9. The number of hydrazine groups is 1. The maximum absolute atomic E-state index is 5.76. The fraction of sp³-hybridized carbons (Fsp3) is 0.600. The van der Waals surface area contributed by atoms with Crippen LogP contribution in [0.2, 0.25) is 0 Å². The summed E-state index contributed by atoms with van der Waals surface area (Å²) in [6.45, 7) is 1.66. The first-order valence-corrected chi connectivity index (χ1v) is 7.17. The number of hydrogen-bond donors (Lipinski definition) is 2. The van der Waals surface area contributed by atoms with Gasteiger partial charge in [0.05, 0.1) is 18.8 Å². The van der Waals surface area contributed by atoms with Gasteiger partial charge < -0.3 is 9.47 Å². The van der Waals surface area contributed by atoms with E-state index in [0.29, 0.717) is 12.0 Å². The highest BCUT2D eigenvalue weighted by molar-refractivity contribution is 5.30. The summed E-state index contributed by atoms with van der Waals surface area (Å²) in [6, 6.07) is 8.46. The van der Waals surface area contributed by atoms with E-state index >= 15 is 0 Å². The van der Waals surface area contributed by atoms with Gasteiger partial charge in [-0.1, -0.05) is 12.1 Å². The normalized spacial score (nSPS) is 25.0. The van der Waals surface area contributed by atoms with Crippen LogP contribution in [-0.4, -0.2) is 19.3 Å². The predicted octanol–water partition coefficient (Wildman–Crippen LogP) is 2.16. The highest BCUT2D eigenvalue weighted by Gasteiger charge is 2.26. The smallest absolute Gasteiger partial charge is 0.119 e. The Balaban J connectivity index is 1.67. The van der Waals surface area contributed by atoms with Crippen molar-refractivity contribution in [1.29, 1.82) is 0 Å². The second-order valence-electron chi connectivity index (χ2n) is 5.51. The molecule has 0 spiro atoms. The van der Waals surface area contributed by atoms with Crippen LogP contribution in [0.15, 0.2) is 24.3 Å². The second-order valence-corrected chi connectivity index (χ2v) is 5.51. The summed E-state index contributed by atoms with van der Waals surface area (Å²) < 4.78 is 11.3. The summed E-state index contributed by atoms with van der Waals surface area (Å²) in [5, 5.41) is 0. The number of ether oxygens (including phenoxy) is 2. The third kappa shape index (κ3) is 3.26. The largest absolute Gasteiger partial charge is 0.490 e. The van der Waals surface area contributed by atoms with Crippen LogP contribution in [0.4, 0.5) is 0 Å². The summed E-state index contributed by atoms with van der Waals surface area (Å²) in [5.41, 5.74) is 4.15. The maximum Gasteiger partial charge on any atom is 0.119 e. The Labute approximate surface area is 114 Å². The van der Waals surface area contributed by atoms with Crippen molar-refractivity contribution in [2.24, 2.45) is 11.8 Å². The minimum Gasteiger partial charge on any atom is -0.490 e. The van der Waals surface area contributed by atoms with Crippen LogP contribution in [0.1, 0.15) is 37.3 Å². The molecule has 2 fully saturated rings. The summed E-state index contributed by atoms with van der Waals surface area (Å²) in [5.74, 6) is 7.14. The molecule has 4 nitrogen and oxygen atoms in total. The van der Waals surface area contributed by atoms with Crippen molar-refractivity contribution in [1.82, 2.24) is 5.43 Å². The molecular weight excluding hydrogens is 240 g/mol. The number of hydrogen-bond acceptors (Lipinski definition) is 4. The molecule has 1 aromatic rings. The molecular formula is C15H22N2O2. The monoisotopic (exact) mass is 262 g/mol. The molecule has 0 radical (unpaired) electrons. The highest BCUT2D eigenvalue weighted by Crippen LogP contribution is 2.31. The lowest BCUT2D eigenvalue weighted by Gasteiger charge is -2.30. The zero-order chi connectivity index (χ0) is 13.1. The van der Waals surface area contributed by atoms with E-state index in [-0.39, 0.29) is 6.04 Å². The zero-order valence-corrected chi connectivity index (χ0v) is 11.2. The van der Waals surface area contributed by atoms with Gasteiger partial charge in [0.1, 0.15) is 5.75 Å². The Kier molecular flexibility index (Phi) is 4.01. The molecule has 4 heteroatoms. The number of benzene rings is 1. The third-order valence-electron chi connectivity index (χ3n) is 3.91. The van der Waals surface area contributed by atoms with Crippen LogP contribution < -0.4 is 16.0 Å². The summed E-state index contributed by atoms with van der Waals surface area (Å²) >= 11 is 0. The molecule has 1 aliphatic heterocycles. The van der Waals surface area contributed by atoms with Crippen molar-refractivity contribution in [2.75, 3.05) is 13.2 Å². The van der Waals surface area contributed by atoms with Gasteiger partial charge >= 0.3 is 0 Å². The van der Waals surface area contributed by atoms with Crippen molar-refractivity contribution in [3.8, 4) is 5.75 Å². The average molecular weight is 262 g/mol. The number of nitrogens with two attached hydrogens (primary N) is 1. The molecule has 0 amide bonds. The molecule has 3 N–H and O–H groups in total. The van der Waals surface area contributed by atoms with Gasteiger partial charge in [-0.3, -0.25) is 11.3 Å². The van der Waals surface area contributed by atoms with E-state index in [1.807, 2.05) is 12.1 Å². The topological polar surface area (TPSA) is 56.5 Å². The van der Waals surface area contributed by atoms with Crippen molar-refractivity contribution < 1.29 is 9.47 Å². The van der Waals surface area contributed by atoms with Crippen LogP contribution in [0.3, 0.4) is 0 Å². The van der Waals surface area contributed by atoms with E-state index < -0.39 is 0 Å².